The number of hydrogen-bond donors (Lipinski definition) is 1. The van der Waals surface area contributed by atoms with Crippen molar-refractivity contribution in [1.29, 1.82) is 0 Å². The average molecular weight is 600 g/mol. The van der Waals surface area contributed by atoms with Crippen LogP contribution in [0.25, 0.3) is 0 Å². The quantitative estimate of drug-likeness (QED) is 0.332. The first kappa shape index (κ1) is 31.7. The van der Waals surface area contributed by atoms with Crippen LogP contribution in [0.2, 0.25) is 0 Å². The summed E-state index contributed by atoms with van der Waals surface area (Å²) in [6, 6.07) is 17.7. The standard InChI is InChI=1S/C36H45N3O5/c1-5-20-37(21-6-2)32(41)29-30-33(42)39(28(25-40)23-26-14-10-8-11-15-26)31(36(30)19-18-35(29,4)44-36)34(43)38(22-7-3)24-27-16-12-9-13-17-27/h5,7-17,28-31,40H,1,3,6,18-25H2,2,4H3/t28-,29+,30+,31?,35-,36?/m1/s1. The van der Waals surface area contributed by atoms with Gasteiger partial charge in [0.05, 0.1) is 30.1 Å². The van der Waals surface area contributed by atoms with Crippen molar-refractivity contribution in [3.8, 4) is 0 Å². The summed E-state index contributed by atoms with van der Waals surface area (Å²) in [5.41, 5.74) is -0.175. The maximum Gasteiger partial charge on any atom is 0.249 e. The topological polar surface area (TPSA) is 90.4 Å². The van der Waals surface area contributed by atoms with Crippen LogP contribution in [0, 0.1) is 11.8 Å². The number of aliphatic hydroxyl groups is 1. The molecule has 8 heteroatoms. The van der Waals surface area contributed by atoms with Crippen molar-refractivity contribution in [3.63, 3.8) is 0 Å². The summed E-state index contributed by atoms with van der Waals surface area (Å²) >= 11 is 0. The summed E-state index contributed by atoms with van der Waals surface area (Å²) < 4.78 is 6.88. The Bertz CT molecular complexity index is 1370. The molecule has 0 radical (unpaired) electrons. The summed E-state index contributed by atoms with van der Waals surface area (Å²) in [5, 5.41) is 10.8. The lowest BCUT2D eigenvalue weighted by atomic mass is 9.66. The number of hydrogen-bond acceptors (Lipinski definition) is 5. The Morgan fingerprint density at radius 3 is 2.20 bits per heavy atom. The van der Waals surface area contributed by atoms with Gasteiger partial charge in [-0.15, -0.1) is 13.2 Å². The van der Waals surface area contributed by atoms with Crippen LogP contribution in [-0.4, -0.2) is 87.1 Å². The van der Waals surface area contributed by atoms with Gasteiger partial charge in [-0.25, -0.2) is 0 Å². The van der Waals surface area contributed by atoms with Crippen LogP contribution in [0.5, 0.6) is 0 Å². The number of ether oxygens (including phenoxy) is 1. The number of nitrogens with zero attached hydrogens (tertiary/aromatic N) is 3. The predicted octanol–water partition coefficient (Wildman–Crippen LogP) is 3.99. The van der Waals surface area contributed by atoms with Gasteiger partial charge >= 0.3 is 0 Å². The summed E-state index contributed by atoms with van der Waals surface area (Å²) in [6.45, 7) is 12.9. The summed E-state index contributed by atoms with van der Waals surface area (Å²) in [4.78, 5) is 48.9. The Balaban J connectivity index is 1.60. The number of amides is 3. The second kappa shape index (κ2) is 13.1. The molecule has 3 heterocycles. The van der Waals surface area contributed by atoms with Gasteiger partial charge in [0, 0.05) is 26.2 Å². The van der Waals surface area contributed by atoms with E-state index in [1.807, 2.05) is 74.5 Å². The monoisotopic (exact) mass is 599 g/mol. The molecular formula is C36H45N3O5. The van der Waals surface area contributed by atoms with Crippen molar-refractivity contribution in [2.75, 3.05) is 26.2 Å². The van der Waals surface area contributed by atoms with E-state index in [9.17, 15) is 19.5 Å². The van der Waals surface area contributed by atoms with Crippen molar-refractivity contribution in [2.24, 2.45) is 11.8 Å². The molecule has 3 aliphatic rings. The Morgan fingerprint density at radius 2 is 1.61 bits per heavy atom. The van der Waals surface area contributed by atoms with Gasteiger partial charge in [0.15, 0.2) is 0 Å². The highest BCUT2D eigenvalue weighted by Crippen LogP contribution is 2.64. The number of fused-ring (bicyclic) bond motifs is 1. The van der Waals surface area contributed by atoms with Crippen molar-refractivity contribution < 1.29 is 24.2 Å². The van der Waals surface area contributed by atoms with Crippen LogP contribution in [0.4, 0.5) is 0 Å². The highest BCUT2D eigenvalue weighted by Gasteiger charge is 2.78. The number of rotatable bonds is 14. The van der Waals surface area contributed by atoms with Crippen LogP contribution in [0.3, 0.4) is 0 Å². The Labute approximate surface area is 261 Å². The Kier molecular flexibility index (Phi) is 9.42. The molecule has 44 heavy (non-hydrogen) atoms. The SMILES string of the molecule is C=CCN(Cc1ccccc1)C(=O)C1N([C@@H](CO)Cc2ccccc2)C(=O)[C@@H]2[C@@H](C(=O)N(CC=C)CCC)[C@@]3(C)CCC12O3. The fourth-order valence-corrected chi connectivity index (χ4v) is 7.83. The molecule has 5 rings (SSSR count). The number of likely N-dealkylation sites (tertiary alicyclic amines) is 1. The predicted molar refractivity (Wildman–Crippen MR) is 169 cm³/mol. The van der Waals surface area contributed by atoms with Crippen molar-refractivity contribution >= 4 is 17.7 Å². The van der Waals surface area contributed by atoms with E-state index >= 15 is 0 Å². The largest absolute Gasteiger partial charge is 0.394 e. The van der Waals surface area contributed by atoms with Crippen LogP contribution in [-0.2, 0) is 32.1 Å². The molecule has 8 nitrogen and oxygen atoms in total. The third-order valence-corrected chi connectivity index (χ3v) is 9.66. The number of carbonyl (C=O) groups excluding carboxylic acids is 3. The first-order valence-corrected chi connectivity index (χ1v) is 15.7. The maximum atomic E-state index is 14.8. The molecule has 2 aromatic rings. The average Bonchev–Trinajstić information content (AvgIpc) is 3.60. The molecule has 1 spiro atoms. The lowest BCUT2D eigenvalue weighted by Gasteiger charge is -2.39. The van der Waals surface area contributed by atoms with E-state index in [1.165, 1.54) is 0 Å². The minimum Gasteiger partial charge on any atom is -0.394 e. The molecular weight excluding hydrogens is 554 g/mol. The second-order valence-corrected chi connectivity index (χ2v) is 12.6. The molecule has 0 aromatic heterocycles. The van der Waals surface area contributed by atoms with E-state index in [0.29, 0.717) is 38.9 Å². The van der Waals surface area contributed by atoms with E-state index in [-0.39, 0.29) is 30.9 Å². The summed E-state index contributed by atoms with van der Waals surface area (Å²) in [6.07, 6.45) is 5.55. The molecule has 0 saturated carbocycles. The highest BCUT2D eigenvalue weighted by atomic mass is 16.5. The fraction of sp³-hybridized carbons (Fsp3) is 0.472. The molecule has 2 aromatic carbocycles. The summed E-state index contributed by atoms with van der Waals surface area (Å²) in [5.74, 6) is -2.27. The molecule has 3 aliphatic heterocycles. The van der Waals surface area contributed by atoms with Gasteiger partial charge in [-0.05, 0) is 43.7 Å². The van der Waals surface area contributed by atoms with Gasteiger partial charge in [0.25, 0.3) is 0 Å². The van der Waals surface area contributed by atoms with Crippen LogP contribution >= 0.6 is 0 Å². The zero-order chi connectivity index (χ0) is 31.5. The third-order valence-electron chi connectivity index (χ3n) is 9.66. The van der Waals surface area contributed by atoms with Crippen LogP contribution in [0.1, 0.15) is 44.2 Å². The molecule has 0 aliphatic carbocycles. The normalized spacial score (nSPS) is 27.6. The Hall–Kier alpha value is -3.75. The van der Waals surface area contributed by atoms with Gasteiger partial charge in [-0.2, -0.15) is 0 Å². The van der Waals surface area contributed by atoms with Crippen molar-refractivity contribution in [3.05, 3.63) is 97.1 Å². The lowest BCUT2D eigenvalue weighted by Crippen LogP contribution is -2.59. The number of benzene rings is 2. The van der Waals surface area contributed by atoms with E-state index in [4.69, 9.17) is 4.74 Å². The molecule has 2 unspecified atom stereocenters. The molecule has 2 bridgehead atoms. The van der Waals surface area contributed by atoms with Crippen LogP contribution < -0.4 is 0 Å². The molecule has 1 N–H and O–H groups in total. The van der Waals surface area contributed by atoms with Gasteiger partial charge in [0.2, 0.25) is 17.7 Å². The van der Waals surface area contributed by atoms with E-state index in [1.54, 1.807) is 26.9 Å². The minimum absolute atomic E-state index is 0.141. The van der Waals surface area contributed by atoms with Gasteiger partial charge < -0.3 is 24.5 Å². The second-order valence-electron chi connectivity index (χ2n) is 12.6. The third kappa shape index (κ3) is 5.50. The van der Waals surface area contributed by atoms with Crippen molar-refractivity contribution in [1.82, 2.24) is 14.7 Å². The molecule has 3 fully saturated rings. The first-order chi connectivity index (χ1) is 21.2. The smallest absolute Gasteiger partial charge is 0.249 e. The molecule has 3 saturated heterocycles. The van der Waals surface area contributed by atoms with E-state index < -0.39 is 35.1 Å². The highest BCUT2D eigenvalue weighted by molar-refractivity contribution is 5.99. The molecule has 234 valence electrons. The molecule has 3 amide bonds. The minimum atomic E-state index is -1.18. The Morgan fingerprint density at radius 1 is 1.00 bits per heavy atom. The first-order valence-electron chi connectivity index (χ1n) is 15.7. The van der Waals surface area contributed by atoms with Gasteiger partial charge in [0.1, 0.15) is 11.6 Å². The fourth-order valence-electron chi connectivity index (χ4n) is 7.83. The number of carbonyl (C=O) groups is 3. The zero-order valence-corrected chi connectivity index (χ0v) is 25.9. The van der Waals surface area contributed by atoms with E-state index in [2.05, 4.69) is 13.2 Å². The van der Waals surface area contributed by atoms with Gasteiger partial charge in [-0.1, -0.05) is 79.7 Å². The van der Waals surface area contributed by atoms with Crippen LogP contribution in [0.15, 0.2) is 86.0 Å². The summed E-state index contributed by atoms with van der Waals surface area (Å²) in [7, 11) is 0. The maximum absolute atomic E-state index is 14.8. The zero-order valence-electron chi connectivity index (χ0n) is 25.9. The molecule has 6 atom stereocenters. The van der Waals surface area contributed by atoms with E-state index in [0.717, 1.165) is 17.5 Å². The lowest BCUT2D eigenvalue weighted by molar-refractivity contribution is -0.156. The van der Waals surface area contributed by atoms with Crippen molar-refractivity contribution in [2.45, 2.75) is 69.4 Å². The number of aliphatic hydroxyl groups excluding tert-OH is 1. The van der Waals surface area contributed by atoms with Gasteiger partial charge in [-0.3, -0.25) is 14.4 Å².